The number of hydrogen-bond donors (Lipinski definition) is 0. The van der Waals surface area contributed by atoms with E-state index in [0.717, 1.165) is 6.42 Å². The molecule has 0 amide bonds. The minimum absolute atomic E-state index is 1.07. The highest BCUT2D eigenvalue weighted by Gasteiger charge is 2.19. The van der Waals surface area contributed by atoms with Crippen molar-refractivity contribution in [2.75, 3.05) is 0 Å². The SMILES string of the molecule is CCc1ccc(C)c(-c2c3ccc(C)cc3cc(C)[n+]2C)c1. The van der Waals surface area contributed by atoms with E-state index < -0.39 is 0 Å². The van der Waals surface area contributed by atoms with Crippen LogP contribution in [-0.4, -0.2) is 0 Å². The first kappa shape index (κ1) is 14.8. The Kier molecular flexibility index (Phi) is 3.74. The fourth-order valence-electron chi connectivity index (χ4n) is 3.17. The molecule has 0 saturated heterocycles. The molecule has 2 aromatic carbocycles. The topological polar surface area (TPSA) is 3.88 Å². The van der Waals surface area contributed by atoms with E-state index in [1.807, 2.05) is 0 Å². The lowest BCUT2D eigenvalue weighted by molar-refractivity contribution is -0.665. The van der Waals surface area contributed by atoms with Crippen molar-refractivity contribution in [3.8, 4) is 11.3 Å². The predicted molar refractivity (Wildman–Crippen MR) is 94.1 cm³/mol. The second-order valence-electron chi connectivity index (χ2n) is 6.29. The summed E-state index contributed by atoms with van der Waals surface area (Å²) in [6, 6.07) is 15.9. The summed E-state index contributed by atoms with van der Waals surface area (Å²) in [6.45, 7) is 8.76. The van der Waals surface area contributed by atoms with E-state index in [4.69, 9.17) is 0 Å². The summed E-state index contributed by atoms with van der Waals surface area (Å²) < 4.78 is 2.32. The Hall–Kier alpha value is -2.15. The monoisotopic (exact) mass is 290 g/mol. The summed E-state index contributed by atoms with van der Waals surface area (Å²) in [5.41, 5.74) is 7.99. The van der Waals surface area contributed by atoms with E-state index in [9.17, 15) is 0 Å². The minimum atomic E-state index is 1.07. The van der Waals surface area contributed by atoms with Gasteiger partial charge in [0.05, 0.1) is 5.39 Å². The molecule has 1 aromatic heterocycles. The van der Waals surface area contributed by atoms with Crippen molar-refractivity contribution in [3.63, 3.8) is 0 Å². The van der Waals surface area contributed by atoms with Crippen LogP contribution in [0.3, 0.4) is 0 Å². The maximum atomic E-state index is 2.35. The van der Waals surface area contributed by atoms with Gasteiger partial charge in [-0.1, -0.05) is 36.8 Å². The van der Waals surface area contributed by atoms with Crippen LogP contribution in [0, 0.1) is 20.8 Å². The minimum Gasteiger partial charge on any atom is -0.198 e. The fourth-order valence-corrected chi connectivity index (χ4v) is 3.17. The Balaban J connectivity index is 2.42. The molecule has 0 radical (unpaired) electrons. The van der Waals surface area contributed by atoms with E-state index in [2.05, 4.69) is 81.8 Å². The van der Waals surface area contributed by atoms with Gasteiger partial charge in [-0.15, -0.1) is 0 Å². The van der Waals surface area contributed by atoms with Crippen LogP contribution in [0.5, 0.6) is 0 Å². The van der Waals surface area contributed by atoms with E-state index >= 15 is 0 Å². The van der Waals surface area contributed by atoms with Crippen LogP contribution in [0.1, 0.15) is 29.3 Å². The molecular weight excluding hydrogens is 266 g/mol. The number of benzene rings is 2. The van der Waals surface area contributed by atoms with Gasteiger partial charge in [0, 0.05) is 18.6 Å². The molecule has 0 atom stereocenters. The molecule has 22 heavy (non-hydrogen) atoms. The fraction of sp³-hybridized carbons (Fsp3) is 0.286. The van der Waals surface area contributed by atoms with Crippen LogP contribution in [-0.2, 0) is 13.5 Å². The molecule has 0 bridgehead atoms. The first-order chi connectivity index (χ1) is 10.5. The first-order valence-corrected chi connectivity index (χ1v) is 8.01. The molecule has 0 fully saturated rings. The van der Waals surface area contributed by atoms with Crippen molar-refractivity contribution >= 4 is 10.8 Å². The van der Waals surface area contributed by atoms with Crippen LogP contribution < -0.4 is 4.57 Å². The van der Waals surface area contributed by atoms with Gasteiger partial charge >= 0.3 is 0 Å². The average Bonchev–Trinajstić information content (AvgIpc) is 2.50. The highest BCUT2D eigenvalue weighted by atomic mass is 14.9. The van der Waals surface area contributed by atoms with Gasteiger partial charge in [-0.25, -0.2) is 0 Å². The maximum absolute atomic E-state index is 2.35. The summed E-state index contributed by atoms with van der Waals surface area (Å²) in [7, 11) is 2.17. The van der Waals surface area contributed by atoms with Gasteiger partial charge in [0.15, 0.2) is 5.69 Å². The van der Waals surface area contributed by atoms with Crippen molar-refractivity contribution in [2.45, 2.75) is 34.1 Å². The quantitative estimate of drug-likeness (QED) is 0.596. The van der Waals surface area contributed by atoms with Crippen molar-refractivity contribution in [1.29, 1.82) is 0 Å². The number of rotatable bonds is 2. The summed E-state index contributed by atoms with van der Waals surface area (Å²) >= 11 is 0. The lowest BCUT2D eigenvalue weighted by Crippen LogP contribution is -2.35. The molecule has 0 aliphatic rings. The van der Waals surface area contributed by atoms with Crippen molar-refractivity contribution in [2.24, 2.45) is 7.05 Å². The Labute approximate surface area is 133 Å². The van der Waals surface area contributed by atoms with E-state index in [1.54, 1.807) is 0 Å². The smallest absolute Gasteiger partial charge is 0.198 e. The first-order valence-electron chi connectivity index (χ1n) is 8.01. The van der Waals surface area contributed by atoms with Crippen molar-refractivity contribution in [3.05, 3.63) is 64.8 Å². The number of nitrogens with zero attached hydrogens (tertiary/aromatic N) is 1. The molecule has 0 spiro atoms. The number of aryl methyl sites for hydroxylation is 4. The number of fused-ring (bicyclic) bond motifs is 1. The molecule has 1 heteroatoms. The van der Waals surface area contributed by atoms with Gasteiger partial charge in [0.2, 0.25) is 5.69 Å². The molecule has 0 N–H and O–H groups in total. The Morgan fingerprint density at radius 3 is 2.41 bits per heavy atom. The van der Waals surface area contributed by atoms with Crippen molar-refractivity contribution < 1.29 is 4.57 Å². The molecule has 112 valence electrons. The van der Waals surface area contributed by atoms with Crippen LogP contribution >= 0.6 is 0 Å². The van der Waals surface area contributed by atoms with Gasteiger partial charge in [-0.05, 0) is 48.9 Å². The standard InChI is InChI=1S/C21H24N/c1-6-17-9-8-15(3)20(13-17)21-19-10-7-14(2)11-18(19)12-16(4)22(21)5/h7-13H,6H2,1-5H3/q+1. The Bertz CT molecular complexity index is 859. The summed E-state index contributed by atoms with van der Waals surface area (Å²) in [5.74, 6) is 0. The molecule has 1 nitrogen and oxygen atoms in total. The molecule has 1 heterocycles. The highest BCUT2D eigenvalue weighted by Crippen LogP contribution is 2.30. The second-order valence-corrected chi connectivity index (χ2v) is 6.29. The zero-order valence-corrected chi connectivity index (χ0v) is 14.2. The van der Waals surface area contributed by atoms with Gasteiger partial charge < -0.3 is 0 Å². The number of aromatic nitrogens is 1. The molecule has 0 unspecified atom stereocenters. The van der Waals surface area contributed by atoms with E-state index in [1.165, 1.54) is 44.4 Å². The molecule has 0 saturated carbocycles. The van der Waals surface area contributed by atoms with Gasteiger partial charge in [0.1, 0.15) is 7.05 Å². The van der Waals surface area contributed by atoms with Crippen LogP contribution in [0.2, 0.25) is 0 Å². The third-order valence-electron chi connectivity index (χ3n) is 4.66. The largest absolute Gasteiger partial charge is 0.220 e. The molecular formula is C21H24N+. The normalized spacial score (nSPS) is 11.1. The number of pyridine rings is 1. The molecule has 3 rings (SSSR count). The van der Waals surface area contributed by atoms with E-state index in [-0.39, 0.29) is 0 Å². The zero-order valence-electron chi connectivity index (χ0n) is 14.2. The van der Waals surface area contributed by atoms with E-state index in [0.29, 0.717) is 0 Å². The van der Waals surface area contributed by atoms with Gasteiger partial charge in [-0.2, -0.15) is 4.57 Å². The van der Waals surface area contributed by atoms with Crippen molar-refractivity contribution in [1.82, 2.24) is 0 Å². The van der Waals surface area contributed by atoms with Gasteiger partial charge in [0.25, 0.3) is 0 Å². The van der Waals surface area contributed by atoms with Gasteiger partial charge in [-0.3, -0.25) is 0 Å². The summed E-state index contributed by atoms with van der Waals surface area (Å²) in [6.07, 6.45) is 1.07. The number of hydrogen-bond acceptors (Lipinski definition) is 0. The lowest BCUT2D eigenvalue weighted by atomic mass is 9.95. The van der Waals surface area contributed by atoms with Crippen LogP contribution in [0.4, 0.5) is 0 Å². The second kappa shape index (κ2) is 5.57. The predicted octanol–water partition coefficient (Wildman–Crippen LogP) is 4.82. The third kappa shape index (κ3) is 2.41. The molecule has 3 aromatic rings. The van der Waals surface area contributed by atoms with Crippen LogP contribution in [0.25, 0.3) is 22.0 Å². The maximum Gasteiger partial charge on any atom is 0.220 e. The zero-order chi connectivity index (χ0) is 15.9. The average molecular weight is 290 g/mol. The molecule has 0 aliphatic carbocycles. The lowest BCUT2D eigenvalue weighted by Gasteiger charge is -2.11. The highest BCUT2D eigenvalue weighted by molar-refractivity contribution is 5.94. The summed E-state index contributed by atoms with van der Waals surface area (Å²) in [4.78, 5) is 0. The summed E-state index contributed by atoms with van der Waals surface area (Å²) in [5, 5.41) is 2.65. The molecule has 0 aliphatic heterocycles. The Morgan fingerprint density at radius 2 is 1.68 bits per heavy atom. The third-order valence-corrected chi connectivity index (χ3v) is 4.66. The van der Waals surface area contributed by atoms with Crippen LogP contribution in [0.15, 0.2) is 42.5 Å². The Morgan fingerprint density at radius 1 is 0.909 bits per heavy atom.